The highest BCUT2D eigenvalue weighted by molar-refractivity contribution is 5.76. The second-order valence-corrected chi connectivity index (χ2v) is 6.31. The number of carbonyl (C=O) groups excluding carboxylic acids is 1. The van der Waals surface area contributed by atoms with Crippen LogP contribution in [0.3, 0.4) is 0 Å². The van der Waals surface area contributed by atoms with Crippen LogP contribution in [0.15, 0.2) is 34.8 Å². The summed E-state index contributed by atoms with van der Waals surface area (Å²) in [5.41, 5.74) is 0.805. The van der Waals surface area contributed by atoms with E-state index in [1.807, 2.05) is 17.0 Å². The number of carbonyl (C=O) groups is 1. The van der Waals surface area contributed by atoms with Crippen molar-refractivity contribution in [1.29, 1.82) is 0 Å². The van der Waals surface area contributed by atoms with Gasteiger partial charge in [0.2, 0.25) is 5.91 Å². The second-order valence-electron chi connectivity index (χ2n) is 6.31. The van der Waals surface area contributed by atoms with E-state index >= 15 is 0 Å². The average Bonchev–Trinajstić information content (AvgIpc) is 3.42. The van der Waals surface area contributed by atoms with E-state index in [2.05, 4.69) is 26.0 Å². The lowest BCUT2D eigenvalue weighted by atomic mass is 10.0. The molecule has 24 heavy (non-hydrogen) atoms. The lowest BCUT2D eigenvalue weighted by molar-refractivity contribution is -0.131. The quantitative estimate of drug-likeness (QED) is 0.755. The third kappa shape index (κ3) is 4.10. The molecule has 3 heterocycles. The molecule has 0 spiro atoms. The van der Waals surface area contributed by atoms with E-state index in [9.17, 15) is 4.79 Å². The van der Waals surface area contributed by atoms with E-state index in [1.54, 1.807) is 12.4 Å². The molecular formula is C18H23N5O. The fourth-order valence-electron chi connectivity index (χ4n) is 3.11. The summed E-state index contributed by atoms with van der Waals surface area (Å²) in [5, 5.41) is 8.21. The molecule has 0 unspecified atom stereocenters. The maximum absolute atomic E-state index is 12.5. The summed E-state index contributed by atoms with van der Waals surface area (Å²) in [7, 11) is 0. The summed E-state index contributed by atoms with van der Waals surface area (Å²) in [6.07, 6.45) is 12.5. The number of rotatable bonds is 6. The monoisotopic (exact) mass is 325 g/mol. The van der Waals surface area contributed by atoms with Crippen LogP contribution in [0.4, 0.5) is 5.69 Å². The number of amides is 1. The molecule has 1 fully saturated rings. The average molecular weight is 325 g/mol. The lowest BCUT2D eigenvalue weighted by Gasteiger charge is -2.23. The fraction of sp³-hybridized carbons (Fsp3) is 0.556. The van der Waals surface area contributed by atoms with Gasteiger partial charge in [0.25, 0.3) is 0 Å². The fourth-order valence-corrected chi connectivity index (χ4v) is 3.11. The summed E-state index contributed by atoms with van der Waals surface area (Å²) >= 11 is 0. The number of hydrogen-bond donors (Lipinski definition) is 0. The first-order valence-corrected chi connectivity index (χ1v) is 8.53. The van der Waals surface area contributed by atoms with Gasteiger partial charge in [0.15, 0.2) is 5.66 Å². The van der Waals surface area contributed by atoms with Crippen LogP contribution in [-0.4, -0.2) is 47.6 Å². The van der Waals surface area contributed by atoms with E-state index in [-0.39, 0.29) is 11.6 Å². The number of nitrogens with zero attached hydrogens (tertiary/aromatic N) is 5. The van der Waals surface area contributed by atoms with E-state index in [1.165, 1.54) is 5.69 Å². The second kappa shape index (κ2) is 7.43. The third-order valence-corrected chi connectivity index (χ3v) is 4.67. The third-order valence-electron chi connectivity index (χ3n) is 4.67. The molecule has 0 aliphatic carbocycles. The lowest BCUT2D eigenvalue weighted by Crippen LogP contribution is -2.35. The smallest absolute Gasteiger partial charge is 0.222 e. The number of aromatic nitrogens is 1. The molecule has 0 bridgehead atoms. The zero-order chi connectivity index (χ0) is 16.8. The van der Waals surface area contributed by atoms with Crippen LogP contribution in [0.2, 0.25) is 0 Å². The van der Waals surface area contributed by atoms with Crippen LogP contribution in [0.25, 0.3) is 0 Å². The maximum atomic E-state index is 12.5. The number of hydrogen-bond acceptors (Lipinski definition) is 5. The molecule has 0 N–H and O–H groups in total. The largest absolute Gasteiger partial charge is 0.370 e. The van der Waals surface area contributed by atoms with Crippen molar-refractivity contribution in [2.24, 2.45) is 10.2 Å². The normalized spacial score (nSPS) is 18.8. The number of pyridine rings is 1. The minimum absolute atomic E-state index is 0.198. The Bertz CT molecular complexity index is 631. The summed E-state index contributed by atoms with van der Waals surface area (Å²) < 4.78 is 0. The molecule has 3 rings (SSSR count). The molecule has 6 nitrogen and oxygen atoms in total. The summed E-state index contributed by atoms with van der Waals surface area (Å²) in [6.45, 7) is 3.39. The van der Waals surface area contributed by atoms with Gasteiger partial charge in [0.05, 0.1) is 0 Å². The van der Waals surface area contributed by atoms with Gasteiger partial charge in [-0.2, -0.15) is 10.2 Å². The molecule has 2 aliphatic rings. The van der Waals surface area contributed by atoms with Gasteiger partial charge in [-0.3, -0.25) is 9.78 Å². The van der Waals surface area contributed by atoms with Crippen LogP contribution >= 0.6 is 0 Å². The molecule has 2 aliphatic heterocycles. The zero-order valence-corrected chi connectivity index (χ0v) is 13.9. The van der Waals surface area contributed by atoms with Crippen molar-refractivity contribution in [1.82, 2.24) is 9.88 Å². The van der Waals surface area contributed by atoms with Crippen molar-refractivity contribution in [3.8, 4) is 12.3 Å². The van der Waals surface area contributed by atoms with Crippen LogP contribution in [0, 0.1) is 12.3 Å². The van der Waals surface area contributed by atoms with Crippen molar-refractivity contribution < 1.29 is 4.79 Å². The van der Waals surface area contributed by atoms with Gasteiger partial charge in [-0.25, -0.2) is 0 Å². The number of anilines is 1. The topological polar surface area (TPSA) is 61.2 Å². The Labute approximate surface area is 143 Å². The van der Waals surface area contributed by atoms with Gasteiger partial charge in [-0.05, 0) is 18.6 Å². The summed E-state index contributed by atoms with van der Waals surface area (Å²) in [6, 6.07) is 4.03. The van der Waals surface area contributed by atoms with Crippen molar-refractivity contribution in [3.05, 3.63) is 24.5 Å². The Kier molecular flexibility index (Phi) is 5.09. The van der Waals surface area contributed by atoms with Crippen molar-refractivity contribution in [2.75, 3.05) is 31.1 Å². The summed E-state index contributed by atoms with van der Waals surface area (Å²) in [4.78, 5) is 20.9. The SMILES string of the molecule is C#CCCC1(CCC(=O)N2CCCN(c3ccncc3)CC2)N=N1. The van der Waals surface area contributed by atoms with E-state index in [0.29, 0.717) is 19.3 Å². The van der Waals surface area contributed by atoms with Crippen molar-refractivity contribution in [2.45, 2.75) is 37.8 Å². The standard InChI is InChI=1S/C18H23N5O/c1-2-3-8-18(20-21-18)9-5-17(24)23-13-4-12-22(14-15-23)16-6-10-19-11-7-16/h1,6-7,10-11H,3-5,8-9,12-15H2. The Balaban J connectivity index is 1.47. The molecule has 6 heteroatoms. The van der Waals surface area contributed by atoms with Gasteiger partial charge < -0.3 is 9.80 Å². The molecular weight excluding hydrogens is 302 g/mol. The number of terminal acetylenes is 1. The predicted octanol–water partition coefficient (Wildman–Crippen LogP) is 2.48. The molecule has 1 aromatic rings. The molecule has 1 aromatic heterocycles. The minimum atomic E-state index is -0.364. The van der Waals surface area contributed by atoms with Crippen LogP contribution in [0.1, 0.15) is 32.1 Å². The maximum Gasteiger partial charge on any atom is 0.222 e. The highest BCUT2D eigenvalue weighted by Gasteiger charge is 2.39. The highest BCUT2D eigenvalue weighted by atomic mass is 16.2. The minimum Gasteiger partial charge on any atom is -0.370 e. The van der Waals surface area contributed by atoms with E-state index in [0.717, 1.165) is 39.0 Å². The Morgan fingerprint density at radius 3 is 2.67 bits per heavy atom. The molecule has 126 valence electrons. The van der Waals surface area contributed by atoms with E-state index < -0.39 is 0 Å². The highest BCUT2D eigenvalue weighted by Crippen LogP contribution is 2.37. The van der Waals surface area contributed by atoms with Gasteiger partial charge in [-0.15, -0.1) is 12.3 Å². The molecule has 1 saturated heterocycles. The van der Waals surface area contributed by atoms with Crippen molar-refractivity contribution >= 4 is 11.6 Å². The van der Waals surface area contributed by atoms with Crippen LogP contribution < -0.4 is 4.90 Å². The Morgan fingerprint density at radius 2 is 1.96 bits per heavy atom. The first-order valence-electron chi connectivity index (χ1n) is 8.53. The Morgan fingerprint density at radius 1 is 1.17 bits per heavy atom. The molecule has 0 saturated carbocycles. The summed E-state index contributed by atoms with van der Waals surface area (Å²) in [5.74, 6) is 2.82. The molecule has 0 atom stereocenters. The first kappa shape index (κ1) is 16.4. The molecule has 0 aromatic carbocycles. The zero-order valence-electron chi connectivity index (χ0n) is 13.9. The van der Waals surface area contributed by atoms with Crippen LogP contribution in [0.5, 0.6) is 0 Å². The van der Waals surface area contributed by atoms with E-state index in [4.69, 9.17) is 6.42 Å². The van der Waals surface area contributed by atoms with Gasteiger partial charge in [0.1, 0.15) is 0 Å². The molecule has 0 radical (unpaired) electrons. The van der Waals surface area contributed by atoms with Gasteiger partial charge in [-0.1, -0.05) is 0 Å². The first-order chi connectivity index (χ1) is 11.7. The Hall–Kier alpha value is -2.42. The van der Waals surface area contributed by atoms with Crippen LogP contribution in [-0.2, 0) is 4.79 Å². The van der Waals surface area contributed by atoms with Gasteiger partial charge >= 0.3 is 0 Å². The van der Waals surface area contributed by atoms with Crippen molar-refractivity contribution in [3.63, 3.8) is 0 Å². The van der Waals surface area contributed by atoms with Gasteiger partial charge in [0, 0.05) is 69.9 Å². The molecule has 1 amide bonds. The predicted molar refractivity (Wildman–Crippen MR) is 92.5 cm³/mol.